The van der Waals surface area contributed by atoms with E-state index in [9.17, 15) is 4.39 Å². The summed E-state index contributed by atoms with van der Waals surface area (Å²) in [6.07, 6.45) is 0. The van der Waals surface area contributed by atoms with E-state index in [2.05, 4.69) is 0 Å². The summed E-state index contributed by atoms with van der Waals surface area (Å²) in [6.45, 7) is 0.382. The van der Waals surface area contributed by atoms with Gasteiger partial charge in [0, 0.05) is 12.6 Å². The zero-order valence-electron chi connectivity index (χ0n) is 7.75. The van der Waals surface area contributed by atoms with Gasteiger partial charge in [-0.1, -0.05) is 12.1 Å². The van der Waals surface area contributed by atoms with E-state index < -0.39 is 0 Å². The van der Waals surface area contributed by atoms with Crippen LogP contribution < -0.4 is 5.73 Å². The first-order valence-electron chi connectivity index (χ1n) is 3.93. The molecule has 0 heterocycles. The van der Waals surface area contributed by atoms with Crippen molar-refractivity contribution in [2.75, 3.05) is 19.9 Å². The zero-order valence-corrected chi connectivity index (χ0v) is 7.75. The summed E-state index contributed by atoms with van der Waals surface area (Å²) >= 11 is 0. The standard InChI is InChI=1S/C9H13FN2O/c1-12(13-2)6-7-4-3-5-8(11)9(7)10/h3-5H,6,11H2,1-2H3. The molecule has 0 saturated heterocycles. The van der Waals surface area contributed by atoms with Gasteiger partial charge in [-0.15, -0.1) is 0 Å². The number of nitrogens with zero attached hydrogens (tertiary/aromatic N) is 1. The fourth-order valence-electron chi connectivity index (χ4n) is 1.03. The van der Waals surface area contributed by atoms with Crippen LogP contribution in [0.5, 0.6) is 0 Å². The van der Waals surface area contributed by atoms with Crippen LogP contribution in [-0.2, 0) is 11.4 Å². The van der Waals surface area contributed by atoms with Crippen LogP contribution in [0, 0.1) is 5.82 Å². The van der Waals surface area contributed by atoms with Crippen LogP contribution in [-0.4, -0.2) is 19.2 Å². The van der Waals surface area contributed by atoms with Crippen molar-refractivity contribution in [2.45, 2.75) is 6.54 Å². The third-order valence-electron chi connectivity index (χ3n) is 1.81. The molecule has 2 N–H and O–H groups in total. The van der Waals surface area contributed by atoms with Crippen molar-refractivity contribution in [3.8, 4) is 0 Å². The number of halogens is 1. The van der Waals surface area contributed by atoms with Crippen LogP contribution in [0.3, 0.4) is 0 Å². The molecule has 0 unspecified atom stereocenters. The Morgan fingerprint density at radius 2 is 2.23 bits per heavy atom. The fraction of sp³-hybridized carbons (Fsp3) is 0.333. The number of hydrogen-bond acceptors (Lipinski definition) is 3. The molecule has 0 spiro atoms. The van der Waals surface area contributed by atoms with Crippen molar-refractivity contribution in [3.63, 3.8) is 0 Å². The molecule has 0 aliphatic heterocycles. The highest BCUT2D eigenvalue weighted by Crippen LogP contribution is 2.15. The highest BCUT2D eigenvalue weighted by Gasteiger charge is 2.06. The Labute approximate surface area is 76.9 Å². The van der Waals surface area contributed by atoms with Crippen molar-refractivity contribution >= 4 is 5.69 Å². The summed E-state index contributed by atoms with van der Waals surface area (Å²) in [5.41, 5.74) is 6.10. The number of hydrogen-bond donors (Lipinski definition) is 1. The van der Waals surface area contributed by atoms with Crippen molar-refractivity contribution in [3.05, 3.63) is 29.6 Å². The molecule has 1 aromatic rings. The molecule has 1 aromatic carbocycles. The molecule has 3 nitrogen and oxygen atoms in total. The van der Waals surface area contributed by atoms with Gasteiger partial charge in [-0.05, 0) is 6.07 Å². The van der Waals surface area contributed by atoms with Gasteiger partial charge in [0.2, 0.25) is 0 Å². The van der Waals surface area contributed by atoms with Gasteiger partial charge in [0.05, 0.1) is 19.3 Å². The number of nitrogens with two attached hydrogens (primary N) is 1. The second kappa shape index (κ2) is 4.20. The van der Waals surface area contributed by atoms with Gasteiger partial charge in [0.1, 0.15) is 0 Å². The van der Waals surface area contributed by atoms with E-state index in [-0.39, 0.29) is 11.5 Å². The van der Waals surface area contributed by atoms with Crippen LogP contribution in [0.15, 0.2) is 18.2 Å². The molecule has 72 valence electrons. The molecule has 0 radical (unpaired) electrons. The monoisotopic (exact) mass is 184 g/mol. The maximum atomic E-state index is 13.3. The summed E-state index contributed by atoms with van der Waals surface area (Å²) < 4.78 is 13.3. The summed E-state index contributed by atoms with van der Waals surface area (Å²) in [4.78, 5) is 4.87. The molecule has 1 rings (SSSR count). The van der Waals surface area contributed by atoms with Gasteiger partial charge < -0.3 is 10.6 Å². The minimum atomic E-state index is -0.369. The topological polar surface area (TPSA) is 38.5 Å². The van der Waals surface area contributed by atoms with E-state index in [1.165, 1.54) is 18.2 Å². The Kier molecular flexibility index (Phi) is 3.22. The van der Waals surface area contributed by atoms with Gasteiger partial charge in [-0.2, -0.15) is 5.06 Å². The molecule has 0 fully saturated rings. The third kappa shape index (κ3) is 2.40. The van der Waals surface area contributed by atoms with Crippen LogP contribution in [0.1, 0.15) is 5.56 Å². The number of rotatable bonds is 3. The molecule has 0 aromatic heterocycles. The summed E-state index contributed by atoms with van der Waals surface area (Å²) in [5, 5.41) is 1.53. The molecular weight excluding hydrogens is 171 g/mol. The van der Waals surface area contributed by atoms with Crippen LogP contribution in [0.25, 0.3) is 0 Å². The maximum absolute atomic E-state index is 13.3. The van der Waals surface area contributed by atoms with Gasteiger partial charge in [0.15, 0.2) is 5.82 Å². The summed E-state index contributed by atoms with van der Waals surface area (Å²) in [5.74, 6) is -0.369. The Bertz CT molecular complexity index is 291. The molecule has 0 bridgehead atoms. The van der Waals surface area contributed by atoms with E-state index in [1.54, 1.807) is 19.2 Å². The smallest absolute Gasteiger partial charge is 0.150 e. The second-order valence-corrected chi connectivity index (χ2v) is 2.79. The van der Waals surface area contributed by atoms with Gasteiger partial charge >= 0.3 is 0 Å². The predicted octanol–water partition coefficient (Wildman–Crippen LogP) is 1.40. The SMILES string of the molecule is CON(C)Cc1cccc(N)c1F. The van der Waals surface area contributed by atoms with Crippen molar-refractivity contribution in [1.82, 2.24) is 5.06 Å². The van der Waals surface area contributed by atoms with E-state index in [0.717, 1.165) is 0 Å². The number of benzene rings is 1. The Balaban J connectivity index is 2.83. The lowest BCUT2D eigenvalue weighted by atomic mass is 10.2. The molecule has 0 aliphatic rings. The lowest BCUT2D eigenvalue weighted by molar-refractivity contribution is -0.117. The molecule has 13 heavy (non-hydrogen) atoms. The highest BCUT2D eigenvalue weighted by molar-refractivity contribution is 5.42. The van der Waals surface area contributed by atoms with Gasteiger partial charge in [0.25, 0.3) is 0 Å². The number of hydroxylamine groups is 2. The van der Waals surface area contributed by atoms with Crippen LogP contribution in [0.4, 0.5) is 10.1 Å². The lowest BCUT2D eigenvalue weighted by Crippen LogP contribution is -2.17. The first-order valence-corrected chi connectivity index (χ1v) is 3.93. The fourth-order valence-corrected chi connectivity index (χ4v) is 1.03. The predicted molar refractivity (Wildman–Crippen MR) is 49.3 cm³/mol. The first-order chi connectivity index (χ1) is 6.15. The Morgan fingerprint density at radius 1 is 1.54 bits per heavy atom. The molecular formula is C9H13FN2O. The van der Waals surface area contributed by atoms with Gasteiger partial charge in [-0.3, -0.25) is 0 Å². The molecule has 0 amide bonds. The highest BCUT2D eigenvalue weighted by atomic mass is 19.1. The second-order valence-electron chi connectivity index (χ2n) is 2.79. The van der Waals surface area contributed by atoms with Crippen molar-refractivity contribution < 1.29 is 9.23 Å². The maximum Gasteiger partial charge on any atom is 0.150 e. The molecule has 4 heteroatoms. The van der Waals surface area contributed by atoms with E-state index in [1.807, 2.05) is 0 Å². The van der Waals surface area contributed by atoms with E-state index in [0.29, 0.717) is 12.1 Å². The average molecular weight is 184 g/mol. The molecule has 0 saturated carbocycles. The number of nitrogen functional groups attached to an aromatic ring is 1. The summed E-state index contributed by atoms with van der Waals surface area (Å²) in [6, 6.07) is 4.93. The third-order valence-corrected chi connectivity index (χ3v) is 1.81. The molecule has 0 aliphatic carbocycles. The zero-order chi connectivity index (χ0) is 9.84. The van der Waals surface area contributed by atoms with Crippen molar-refractivity contribution in [2.24, 2.45) is 0 Å². The van der Waals surface area contributed by atoms with Crippen LogP contribution in [0.2, 0.25) is 0 Å². The largest absolute Gasteiger partial charge is 0.396 e. The Morgan fingerprint density at radius 3 is 2.85 bits per heavy atom. The number of anilines is 1. The van der Waals surface area contributed by atoms with Crippen LogP contribution >= 0.6 is 0 Å². The molecule has 0 atom stereocenters. The van der Waals surface area contributed by atoms with Crippen molar-refractivity contribution in [1.29, 1.82) is 0 Å². The lowest BCUT2D eigenvalue weighted by Gasteiger charge is -2.14. The Hall–Kier alpha value is -1.13. The summed E-state index contributed by atoms with van der Waals surface area (Å²) in [7, 11) is 3.26. The quantitative estimate of drug-likeness (QED) is 0.570. The first kappa shape index (κ1) is 9.95. The normalized spacial score (nSPS) is 10.8. The van der Waals surface area contributed by atoms with E-state index in [4.69, 9.17) is 10.6 Å². The minimum absolute atomic E-state index is 0.169. The average Bonchev–Trinajstić information content (AvgIpc) is 2.13. The minimum Gasteiger partial charge on any atom is -0.396 e. The van der Waals surface area contributed by atoms with Gasteiger partial charge in [-0.25, -0.2) is 4.39 Å². The van der Waals surface area contributed by atoms with E-state index >= 15 is 0 Å².